The van der Waals surface area contributed by atoms with Crippen molar-refractivity contribution in [1.82, 2.24) is 15.5 Å². The van der Waals surface area contributed by atoms with Gasteiger partial charge in [-0.05, 0) is 44.0 Å². The Labute approximate surface area is 145 Å². The van der Waals surface area contributed by atoms with E-state index in [1.165, 1.54) is 44.1 Å². The lowest BCUT2D eigenvalue weighted by Crippen LogP contribution is -2.47. The zero-order valence-electron chi connectivity index (χ0n) is 14.1. The lowest BCUT2D eigenvalue weighted by molar-refractivity contribution is 0.258. The van der Waals surface area contributed by atoms with Crippen LogP contribution in [0.15, 0.2) is 30.3 Å². The number of nitrogens with one attached hydrogen (secondary N) is 2. The zero-order chi connectivity index (χ0) is 16.1. The predicted octanol–water partition coefficient (Wildman–Crippen LogP) is 3.62. The molecular formula is C19H29N3S. The third-order valence-corrected chi connectivity index (χ3v) is 5.56. The average molecular weight is 332 g/mol. The van der Waals surface area contributed by atoms with Gasteiger partial charge in [-0.2, -0.15) is 0 Å². The number of likely N-dealkylation sites (tertiary alicyclic amines) is 1. The third kappa shape index (κ3) is 4.67. The Morgan fingerprint density at radius 1 is 1.04 bits per heavy atom. The van der Waals surface area contributed by atoms with Crippen LogP contribution < -0.4 is 10.6 Å². The summed E-state index contributed by atoms with van der Waals surface area (Å²) in [6.45, 7) is 4.51. The van der Waals surface area contributed by atoms with Gasteiger partial charge in [0.1, 0.15) is 0 Å². The van der Waals surface area contributed by atoms with Crippen LogP contribution in [0.4, 0.5) is 0 Å². The quantitative estimate of drug-likeness (QED) is 0.824. The van der Waals surface area contributed by atoms with Crippen LogP contribution in [-0.4, -0.2) is 35.2 Å². The Hall–Kier alpha value is -1.13. The molecule has 3 rings (SSSR count). The summed E-state index contributed by atoms with van der Waals surface area (Å²) in [6, 6.07) is 12.3. The van der Waals surface area contributed by atoms with Crippen molar-refractivity contribution in [3.05, 3.63) is 35.9 Å². The Balaban J connectivity index is 1.45. The monoisotopic (exact) mass is 331 g/mol. The molecule has 3 nitrogen and oxygen atoms in total. The Morgan fingerprint density at radius 2 is 1.74 bits per heavy atom. The minimum atomic E-state index is 0.475. The second kappa shape index (κ2) is 8.11. The Kier molecular flexibility index (Phi) is 5.90. The van der Waals surface area contributed by atoms with Crippen LogP contribution in [0.1, 0.15) is 57.1 Å². The number of hydrogen-bond acceptors (Lipinski definition) is 2. The first-order valence-corrected chi connectivity index (χ1v) is 9.49. The summed E-state index contributed by atoms with van der Waals surface area (Å²) in [5.74, 6) is 0. The maximum atomic E-state index is 5.53. The molecule has 0 amide bonds. The molecule has 0 aromatic heterocycles. The number of hydrogen-bond donors (Lipinski definition) is 2. The third-order valence-electron chi connectivity index (χ3n) is 5.32. The molecule has 1 aliphatic heterocycles. The summed E-state index contributed by atoms with van der Waals surface area (Å²) < 4.78 is 0. The van der Waals surface area contributed by atoms with Gasteiger partial charge in [-0.3, -0.25) is 4.90 Å². The summed E-state index contributed by atoms with van der Waals surface area (Å²) in [7, 11) is 0. The van der Waals surface area contributed by atoms with Crippen molar-refractivity contribution in [3.63, 3.8) is 0 Å². The normalized spacial score (nSPS) is 24.3. The highest BCUT2D eigenvalue weighted by atomic mass is 32.1. The topological polar surface area (TPSA) is 27.3 Å². The first-order valence-electron chi connectivity index (χ1n) is 9.08. The van der Waals surface area contributed by atoms with Crippen LogP contribution in [0, 0.1) is 0 Å². The molecule has 0 radical (unpaired) electrons. The molecule has 0 bridgehead atoms. The average Bonchev–Trinajstić information content (AvgIpc) is 3.04. The molecular weight excluding hydrogens is 302 g/mol. The molecule has 23 heavy (non-hydrogen) atoms. The molecule has 2 N–H and O–H groups in total. The van der Waals surface area contributed by atoms with Crippen LogP contribution in [0.25, 0.3) is 0 Å². The smallest absolute Gasteiger partial charge is 0.166 e. The first-order chi connectivity index (χ1) is 11.2. The predicted molar refractivity (Wildman–Crippen MR) is 101 cm³/mol. The molecule has 2 fully saturated rings. The fourth-order valence-electron chi connectivity index (χ4n) is 3.86. The van der Waals surface area contributed by atoms with Crippen molar-refractivity contribution in [2.45, 2.75) is 63.6 Å². The van der Waals surface area contributed by atoms with Gasteiger partial charge in [0, 0.05) is 31.2 Å². The van der Waals surface area contributed by atoms with Gasteiger partial charge in [0.05, 0.1) is 0 Å². The van der Waals surface area contributed by atoms with E-state index in [-0.39, 0.29) is 0 Å². The zero-order valence-corrected chi connectivity index (χ0v) is 14.9. The largest absolute Gasteiger partial charge is 0.360 e. The van der Waals surface area contributed by atoms with Gasteiger partial charge in [-0.1, -0.05) is 49.6 Å². The van der Waals surface area contributed by atoms with Gasteiger partial charge < -0.3 is 10.6 Å². The second-order valence-electron chi connectivity index (χ2n) is 7.02. The molecule has 1 aliphatic carbocycles. The van der Waals surface area contributed by atoms with Crippen molar-refractivity contribution < 1.29 is 0 Å². The highest BCUT2D eigenvalue weighted by molar-refractivity contribution is 7.80. The van der Waals surface area contributed by atoms with E-state index >= 15 is 0 Å². The highest BCUT2D eigenvalue weighted by Gasteiger charge is 2.27. The van der Waals surface area contributed by atoms with Gasteiger partial charge in [0.25, 0.3) is 0 Å². The minimum absolute atomic E-state index is 0.475. The molecule has 126 valence electrons. The molecule has 0 unspecified atom stereocenters. The van der Waals surface area contributed by atoms with Crippen LogP contribution in [-0.2, 0) is 0 Å². The van der Waals surface area contributed by atoms with Gasteiger partial charge in [0.15, 0.2) is 5.11 Å². The summed E-state index contributed by atoms with van der Waals surface area (Å²) in [4.78, 5) is 2.55. The molecule has 1 aromatic rings. The van der Waals surface area contributed by atoms with E-state index in [2.05, 4.69) is 52.8 Å². The fourth-order valence-corrected chi connectivity index (χ4v) is 4.19. The number of nitrogens with zero attached hydrogens (tertiary/aromatic N) is 1. The molecule has 2 aliphatic rings. The second-order valence-corrected chi connectivity index (χ2v) is 7.43. The van der Waals surface area contributed by atoms with Crippen molar-refractivity contribution >= 4 is 17.3 Å². The van der Waals surface area contributed by atoms with Crippen molar-refractivity contribution in [2.75, 3.05) is 13.1 Å². The van der Waals surface area contributed by atoms with E-state index in [9.17, 15) is 0 Å². The number of rotatable bonds is 4. The summed E-state index contributed by atoms with van der Waals surface area (Å²) >= 11 is 5.53. The van der Waals surface area contributed by atoms with Gasteiger partial charge in [-0.25, -0.2) is 0 Å². The van der Waals surface area contributed by atoms with Crippen molar-refractivity contribution in [2.24, 2.45) is 0 Å². The van der Waals surface area contributed by atoms with Crippen molar-refractivity contribution in [1.29, 1.82) is 0 Å². The Morgan fingerprint density at radius 3 is 2.48 bits per heavy atom. The SMILES string of the molecule is C[C@@H](c1ccccc1)N1CC[C@@H](NC(=S)NC2CCCCC2)C1. The maximum Gasteiger partial charge on any atom is 0.166 e. The molecule has 1 saturated heterocycles. The van der Waals surface area contributed by atoms with Gasteiger partial charge in [0.2, 0.25) is 0 Å². The molecule has 1 saturated carbocycles. The molecule has 0 spiro atoms. The summed E-state index contributed by atoms with van der Waals surface area (Å²) in [6.07, 6.45) is 7.77. The Bertz CT molecular complexity index is 499. The summed E-state index contributed by atoms with van der Waals surface area (Å²) in [5.41, 5.74) is 1.40. The van der Waals surface area contributed by atoms with E-state index in [0.29, 0.717) is 18.1 Å². The van der Waals surface area contributed by atoms with Crippen LogP contribution in [0.5, 0.6) is 0 Å². The maximum absolute atomic E-state index is 5.53. The van der Waals surface area contributed by atoms with E-state index in [1.807, 2.05) is 0 Å². The highest BCUT2D eigenvalue weighted by Crippen LogP contribution is 2.24. The summed E-state index contributed by atoms with van der Waals surface area (Å²) in [5, 5.41) is 7.92. The van der Waals surface area contributed by atoms with Gasteiger partial charge >= 0.3 is 0 Å². The number of benzene rings is 1. The molecule has 4 heteroatoms. The minimum Gasteiger partial charge on any atom is -0.360 e. The van der Waals surface area contributed by atoms with E-state index in [4.69, 9.17) is 12.2 Å². The number of thiocarbonyl (C=S) groups is 1. The van der Waals surface area contributed by atoms with Crippen molar-refractivity contribution in [3.8, 4) is 0 Å². The molecule has 1 aromatic carbocycles. The molecule has 1 heterocycles. The van der Waals surface area contributed by atoms with Crippen LogP contribution in [0.3, 0.4) is 0 Å². The van der Waals surface area contributed by atoms with Crippen LogP contribution in [0.2, 0.25) is 0 Å². The van der Waals surface area contributed by atoms with E-state index < -0.39 is 0 Å². The molecule has 2 atom stereocenters. The fraction of sp³-hybridized carbons (Fsp3) is 0.632. The van der Waals surface area contributed by atoms with Gasteiger partial charge in [-0.15, -0.1) is 0 Å². The van der Waals surface area contributed by atoms with Crippen LogP contribution >= 0.6 is 12.2 Å². The standard InChI is InChI=1S/C19H29N3S/c1-15(16-8-4-2-5-9-16)22-13-12-18(14-22)21-19(23)20-17-10-6-3-7-11-17/h2,4-5,8-9,15,17-18H,3,6-7,10-14H2,1H3,(H2,20,21,23)/t15-,18+/m0/s1. The van der Waals surface area contributed by atoms with E-state index in [0.717, 1.165) is 18.2 Å². The van der Waals surface area contributed by atoms with E-state index in [1.54, 1.807) is 0 Å². The lowest BCUT2D eigenvalue weighted by Gasteiger charge is -2.27. The lowest BCUT2D eigenvalue weighted by atomic mass is 9.96. The first kappa shape index (κ1) is 16.7.